The van der Waals surface area contributed by atoms with E-state index >= 15 is 0 Å². The zero-order chi connectivity index (χ0) is 23.4. The summed E-state index contributed by atoms with van der Waals surface area (Å²) in [5, 5.41) is 28.8. The highest BCUT2D eigenvalue weighted by Crippen LogP contribution is 2.47. The molecule has 6 rings (SSSR count). The average Bonchev–Trinajstić information content (AvgIpc) is 3.34. The third-order valence-electron chi connectivity index (χ3n) is 7.21. The van der Waals surface area contributed by atoms with Crippen molar-refractivity contribution in [3.8, 4) is 28.3 Å². The molecule has 1 saturated carbocycles. The van der Waals surface area contributed by atoms with Crippen LogP contribution in [-0.4, -0.2) is 60.8 Å². The van der Waals surface area contributed by atoms with Crippen molar-refractivity contribution in [2.24, 2.45) is 5.92 Å². The molecule has 34 heavy (non-hydrogen) atoms. The van der Waals surface area contributed by atoms with Gasteiger partial charge in [-0.25, -0.2) is 4.98 Å². The van der Waals surface area contributed by atoms with Crippen LogP contribution < -0.4 is 10.2 Å². The number of rotatable bonds is 5. The number of H-pyrrole nitrogens is 1. The van der Waals surface area contributed by atoms with Crippen molar-refractivity contribution in [3.63, 3.8) is 0 Å². The van der Waals surface area contributed by atoms with Crippen LogP contribution in [0.5, 0.6) is 5.75 Å². The maximum absolute atomic E-state index is 14.1. The van der Waals surface area contributed by atoms with Crippen LogP contribution in [-0.2, 0) is 0 Å². The number of aromatic amines is 1. The molecule has 3 N–H and O–H groups in total. The van der Waals surface area contributed by atoms with Crippen LogP contribution in [0.4, 0.5) is 19.0 Å². The van der Waals surface area contributed by atoms with Crippen LogP contribution in [0.15, 0.2) is 36.8 Å². The van der Waals surface area contributed by atoms with Crippen LogP contribution in [0, 0.1) is 5.92 Å². The van der Waals surface area contributed by atoms with Crippen molar-refractivity contribution in [3.05, 3.63) is 36.8 Å². The summed E-state index contributed by atoms with van der Waals surface area (Å²) >= 11 is 0. The number of aromatic hydroxyl groups is 1. The van der Waals surface area contributed by atoms with Crippen LogP contribution in [0.2, 0.25) is 0 Å². The van der Waals surface area contributed by atoms with E-state index in [1.54, 1.807) is 24.5 Å². The van der Waals surface area contributed by atoms with Gasteiger partial charge in [0.1, 0.15) is 5.75 Å². The van der Waals surface area contributed by atoms with Crippen molar-refractivity contribution in [1.82, 2.24) is 30.7 Å². The Balaban J connectivity index is 1.30. The summed E-state index contributed by atoms with van der Waals surface area (Å²) in [6, 6.07) is 3.97. The SMILES string of the molecule is Oc1cc(-c2cn[nH]c2)ccc1-c1ncc(N(C2CC2)[C@@H]2C[C@H]3CC[C@H](N3)[C@@H]2C(F)(F)F)nn1. The molecule has 0 spiro atoms. The minimum Gasteiger partial charge on any atom is -0.507 e. The predicted octanol–water partition coefficient (Wildman–Crippen LogP) is 3.67. The first-order valence-electron chi connectivity index (χ1n) is 11.5. The highest BCUT2D eigenvalue weighted by Gasteiger charge is 2.57. The molecule has 2 aliphatic heterocycles. The zero-order valence-electron chi connectivity index (χ0n) is 18.2. The molecule has 178 valence electrons. The standard InChI is InChI=1S/C23H24F3N7O/c24-23(25,26)21-17-6-2-14(30-17)8-18(21)33(15-3-4-15)20-11-27-22(32-31-20)16-5-1-12(7-19(16)34)13-9-28-29-10-13/h1,5,7,9-11,14-15,17-18,21,30,34H,2-4,6,8H2,(H,28,29)/t14-,17+,18-,21+/m1/s1. The highest BCUT2D eigenvalue weighted by molar-refractivity contribution is 5.72. The number of halogens is 3. The maximum Gasteiger partial charge on any atom is 0.395 e. The van der Waals surface area contributed by atoms with E-state index < -0.39 is 24.2 Å². The summed E-state index contributed by atoms with van der Waals surface area (Å²) < 4.78 is 42.4. The number of nitrogens with zero attached hydrogens (tertiary/aromatic N) is 5. The van der Waals surface area contributed by atoms with Crippen LogP contribution in [0.1, 0.15) is 32.1 Å². The Kier molecular flexibility index (Phi) is 4.98. The Morgan fingerprint density at radius 3 is 2.53 bits per heavy atom. The second-order valence-electron chi connectivity index (χ2n) is 9.42. The van der Waals surface area contributed by atoms with E-state index in [9.17, 15) is 18.3 Å². The van der Waals surface area contributed by atoms with E-state index in [0.29, 0.717) is 24.2 Å². The first kappa shape index (κ1) is 21.3. The van der Waals surface area contributed by atoms with Crippen LogP contribution in [0.25, 0.3) is 22.5 Å². The monoisotopic (exact) mass is 471 g/mol. The minimum absolute atomic E-state index is 0.0145. The number of hydrogen-bond donors (Lipinski definition) is 3. The molecule has 0 unspecified atom stereocenters. The largest absolute Gasteiger partial charge is 0.507 e. The van der Waals surface area contributed by atoms with Gasteiger partial charge in [0.2, 0.25) is 0 Å². The summed E-state index contributed by atoms with van der Waals surface area (Å²) in [7, 11) is 0. The van der Waals surface area contributed by atoms with Gasteiger partial charge in [-0.05, 0) is 49.8 Å². The van der Waals surface area contributed by atoms with Gasteiger partial charge in [0.25, 0.3) is 0 Å². The maximum atomic E-state index is 14.1. The second kappa shape index (κ2) is 7.93. The van der Waals surface area contributed by atoms with Gasteiger partial charge >= 0.3 is 6.18 Å². The third kappa shape index (κ3) is 3.77. The molecule has 4 heterocycles. The summed E-state index contributed by atoms with van der Waals surface area (Å²) in [6.07, 6.45) is 3.97. The van der Waals surface area contributed by atoms with E-state index in [1.165, 1.54) is 6.20 Å². The highest BCUT2D eigenvalue weighted by atomic mass is 19.4. The molecular formula is C23H24F3N7O. The normalized spacial score (nSPS) is 26.6. The van der Waals surface area contributed by atoms with Gasteiger partial charge in [0.05, 0.1) is 23.9 Å². The number of phenols is 1. The Hall–Kier alpha value is -3.21. The Labute approximate surface area is 193 Å². The zero-order valence-corrected chi connectivity index (χ0v) is 18.2. The first-order valence-corrected chi connectivity index (χ1v) is 11.5. The summed E-state index contributed by atoms with van der Waals surface area (Å²) in [5.41, 5.74) is 2.00. The molecule has 3 aliphatic rings. The Bertz CT molecular complexity index is 1160. The number of anilines is 1. The third-order valence-corrected chi connectivity index (χ3v) is 7.21. The molecule has 11 heteroatoms. The van der Waals surface area contributed by atoms with Crippen molar-refractivity contribution in [2.45, 2.75) is 62.4 Å². The van der Waals surface area contributed by atoms with Crippen LogP contribution >= 0.6 is 0 Å². The Morgan fingerprint density at radius 1 is 1.03 bits per heavy atom. The number of alkyl halides is 3. The van der Waals surface area contributed by atoms with E-state index in [2.05, 4.69) is 30.7 Å². The molecule has 0 amide bonds. The lowest BCUT2D eigenvalue weighted by atomic mass is 9.85. The quantitative estimate of drug-likeness (QED) is 0.522. The van der Waals surface area contributed by atoms with Crippen molar-refractivity contribution in [2.75, 3.05) is 4.90 Å². The number of phenolic OH excluding ortho intramolecular Hbond substituents is 1. The number of aromatic nitrogens is 5. The number of piperidine rings is 1. The van der Waals surface area contributed by atoms with E-state index in [4.69, 9.17) is 0 Å². The van der Waals surface area contributed by atoms with Gasteiger partial charge in [-0.3, -0.25) is 5.10 Å². The lowest BCUT2D eigenvalue weighted by Crippen LogP contribution is -2.60. The molecule has 4 atom stereocenters. The fraction of sp³-hybridized carbons (Fsp3) is 0.478. The number of hydrogen-bond acceptors (Lipinski definition) is 7. The van der Waals surface area contributed by atoms with E-state index in [-0.39, 0.29) is 23.7 Å². The fourth-order valence-corrected chi connectivity index (χ4v) is 5.56. The smallest absolute Gasteiger partial charge is 0.395 e. The van der Waals surface area contributed by atoms with Crippen molar-refractivity contribution in [1.29, 1.82) is 0 Å². The lowest BCUT2D eigenvalue weighted by Gasteiger charge is -2.44. The molecule has 2 saturated heterocycles. The minimum atomic E-state index is -4.30. The van der Waals surface area contributed by atoms with E-state index in [0.717, 1.165) is 30.4 Å². The molecule has 2 aromatic heterocycles. The predicted molar refractivity (Wildman–Crippen MR) is 118 cm³/mol. The number of benzene rings is 1. The van der Waals surface area contributed by atoms with Gasteiger partial charge < -0.3 is 15.3 Å². The molecule has 1 aliphatic carbocycles. The van der Waals surface area contributed by atoms with Crippen molar-refractivity contribution >= 4 is 5.82 Å². The molecular weight excluding hydrogens is 447 g/mol. The number of nitrogens with one attached hydrogen (secondary N) is 2. The van der Waals surface area contributed by atoms with Gasteiger partial charge in [-0.1, -0.05) is 6.07 Å². The van der Waals surface area contributed by atoms with E-state index in [1.807, 2.05) is 11.0 Å². The van der Waals surface area contributed by atoms with Crippen LogP contribution in [0.3, 0.4) is 0 Å². The number of fused-ring (bicyclic) bond motifs is 2. The molecule has 1 aromatic carbocycles. The summed E-state index contributed by atoms with van der Waals surface area (Å²) in [6.45, 7) is 0. The second-order valence-corrected chi connectivity index (χ2v) is 9.42. The van der Waals surface area contributed by atoms with Gasteiger partial charge in [0, 0.05) is 35.9 Å². The summed E-state index contributed by atoms with van der Waals surface area (Å²) in [4.78, 5) is 6.19. The average molecular weight is 471 g/mol. The first-order chi connectivity index (χ1) is 16.4. The Morgan fingerprint density at radius 2 is 1.88 bits per heavy atom. The summed E-state index contributed by atoms with van der Waals surface area (Å²) in [5.74, 6) is -0.887. The molecule has 8 nitrogen and oxygen atoms in total. The topological polar surface area (TPSA) is 103 Å². The van der Waals surface area contributed by atoms with Gasteiger partial charge in [-0.2, -0.15) is 18.3 Å². The van der Waals surface area contributed by atoms with Gasteiger partial charge in [-0.15, -0.1) is 10.2 Å². The van der Waals surface area contributed by atoms with Crippen molar-refractivity contribution < 1.29 is 18.3 Å². The van der Waals surface area contributed by atoms with Gasteiger partial charge in [0.15, 0.2) is 11.6 Å². The molecule has 0 radical (unpaired) electrons. The lowest BCUT2D eigenvalue weighted by molar-refractivity contribution is -0.191. The molecule has 3 aromatic rings. The molecule has 2 bridgehead atoms. The molecule has 3 fully saturated rings. The fourth-order valence-electron chi connectivity index (χ4n) is 5.56.